The maximum absolute atomic E-state index is 12.4. The molecule has 5 nitrogen and oxygen atoms in total. The highest BCUT2D eigenvalue weighted by Gasteiger charge is 2.40. The number of carbonyl (C=O) groups excluding carboxylic acids is 1. The van der Waals surface area contributed by atoms with Gasteiger partial charge in [-0.1, -0.05) is 6.92 Å². The van der Waals surface area contributed by atoms with Gasteiger partial charge < -0.3 is 14.4 Å². The Morgan fingerprint density at radius 1 is 1.30 bits per heavy atom. The van der Waals surface area contributed by atoms with Crippen LogP contribution in [0.1, 0.15) is 39.5 Å². The highest BCUT2D eigenvalue weighted by atomic mass is 16.5. The molecule has 0 aromatic rings. The summed E-state index contributed by atoms with van der Waals surface area (Å²) in [5.74, 6) is -0.102. The van der Waals surface area contributed by atoms with Gasteiger partial charge in [-0.15, -0.1) is 0 Å². The molecule has 0 bridgehead atoms. The normalized spacial score (nSPS) is 24.4. The summed E-state index contributed by atoms with van der Waals surface area (Å²) in [6, 6.07) is 0. The molecule has 0 amide bonds. The number of nitrogens with zero attached hydrogens (tertiary/aromatic N) is 1. The van der Waals surface area contributed by atoms with Crippen molar-refractivity contribution in [2.45, 2.75) is 45.1 Å². The maximum atomic E-state index is 12.4. The monoisotopic (exact) mass is 286 g/mol. The second-order valence-electron chi connectivity index (χ2n) is 5.42. The van der Waals surface area contributed by atoms with Crippen molar-refractivity contribution in [2.24, 2.45) is 0 Å². The number of esters is 1. The van der Waals surface area contributed by atoms with Crippen molar-refractivity contribution in [3.63, 3.8) is 0 Å². The van der Waals surface area contributed by atoms with Crippen molar-refractivity contribution in [3.05, 3.63) is 0 Å². The van der Waals surface area contributed by atoms with Crippen LogP contribution in [0.15, 0.2) is 0 Å². The number of methoxy groups -OCH3 is 1. The summed E-state index contributed by atoms with van der Waals surface area (Å²) in [5.41, 5.74) is -0.531. The van der Waals surface area contributed by atoms with E-state index in [9.17, 15) is 4.79 Å². The molecule has 1 atom stereocenters. The largest absolute Gasteiger partial charge is 0.465 e. The Morgan fingerprint density at radius 3 is 2.75 bits per heavy atom. The highest BCUT2D eigenvalue weighted by Crippen LogP contribution is 2.24. The number of rotatable bonds is 8. The molecule has 118 valence electrons. The summed E-state index contributed by atoms with van der Waals surface area (Å²) in [6.07, 6.45) is 3.84. The molecule has 0 aliphatic carbocycles. The zero-order valence-electron chi connectivity index (χ0n) is 13.2. The minimum atomic E-state index is -0.531. The number of hydrogen-bond acceptors (Lipinski definition) is 5. The van der Waals surface area contributed by atoms with E-state index in [0.717, 1.165) is 45.3 Å². The minimum Gasteiger partial charge on any atom is -0.465 e. The molecule has 1 fully saturated rings. The van der Waals surface area contributed by atoms with Gasteiger partial charge >= 0.3 is 5.97 Å². The van der Waals surface area contributed by atoms with Gasteiger partial charge in [0, 0.05) is 20.2 Å². The topological polar surface area (TPSA) is 50.8 Å². The molecule has 0 aromatic heterocycles. The van der Waals surface area contributed by atoms with E-state index in [4.69, 9.17) is 9.47 Å². The summed E-state index contributed by atoms with van der Waals surface area (Å²) < 4.78 is 10.4. The first-order chi connectivity index (χ1) is 9.68. The molecule has 1 rings (SSSR count). The van der Waals surface area contributed by atoms with Crippen molar-refractivity contribution in [3.8, 4) is 0 Å². The second kappa shape index (κ2) is 9.32. The smallest absolute Gasteiger partial charge is 0.326 e. The first kappa shape index (κ1) is 17.4. The van der Waals surface area contributed by atoms with Crippen molar-refractivity contribution in [1.29, 1.82) is 0 Å². The Labute approximate surface area is 123 Å². The quantitative estimate of drug-likeness (QED) is 0.540. The van der Waals surface area contributed by atoms with Crippen LogP contribution in [0.2, 0.25) is 0 Å². The van der Waals surface area contributed by atoms with E-state index in [0.29, 0.717) is 19.8 Å². The third kappa shape index (κ3) is 5.04. The summed E-state index contributed by atoms with van der Waals surface area (Å²) in [5, 5.41) is 3.40. The van der Waals surface area contributed by atoms with E-state index in [1.54, 1.807) is 7.11 Å². The van der Waals surface area contributed by atoms with E-state index < -0.39 is 5.54 Å². The predicted octanol–water partition coefficient (Wildman–Crippen LogP) is 1.42. The van der Waals surface area contributed by atoms with E-state index in [2.05, 4.69) is 17.1 Å². The molecule has 1 aliphatic rings. The Balaban J connectivity index is 2.68. The first-order valence-electron chi connectivity index (χ1n) is 7.82. The summed E-state index contributed by atoms with van der Waals surface area (Å²) in [6.45, 7) is 8.92. The van der Waals surface area contributed by atoms with Gasteiger partial charge in [0.2, 0.25) is 0 Å². The van der Waals surface area contributed by atoms with Gasteiger partial charge in [-0.2, -0.15) is 0 Å². The molecule has 1 aliphatic heterocycles. The van der Waals surface area contributed by atoms with Crippen LogP contribution in [0.5, 0.6) is 0 Å². The van der Waals surface area contributed by atoms with Crippen molar-refractivity contribution >= 4 is 5.97 Å². The molecule has 0 radical (unpaired) electrons. The van der Waals surface area contributed by atoms with Gasteiger partial charge in [0.25, 0.3) is 0 Å². The first-order valence-corrected chi connectivity index (χ1v) is 7.82. The van der Waals surface area contributed by atoms with Crippen LogP contribution in [0.4, 0.5) is 0 Å². The van der Waals surface area contributed by atoms with Crippen molar-refractivity contribution < 1.29 is 14.3 Å². The average Bonchev–Trinajstić information content (AvgIpc) is 2.64. The van der Waals surface area contributed by atoms with Crippen molar-refractivity contribution in [2.75, 3.05) is 46.5 Å². The molecule has 0 aromatic carbocycles. The van der Waals surface area contributed by atoms with Crippen molar-refractivity contribution in [1.82, 2.24) is 10.2 Å². The van der Waals surface area contributed by atoms with Gasteiger partial charge in [0.1, 0.15) is 5.54 Å². The molecule has 1 heterocycles. The number of ether oxygens (including phenoxy) is 2. The number of hydrogen-bond donors (Lipinski definition) is 1. The molecule has 1 unspecified atom stereocenters. The SMILES string of the molecule is CCCN1CCCC(NCCOC)(C(=O)OCC)CC1. The minimum absolute atomic E-state index is 0.102. The van der Waals surface area contributed by atoms with Gasteiger partial charge in [-0.05, 0) is 45.7 Å². The van der Waals surface area contributed by atoms with Gasteiger partial charge in [0.15, 0.2) is 0 Å². The number of likely N-dealkylation sites (tertiary alicyclic amines) is 1. The second-order valence-corrected chi connectivity index (χ2v) is 5.42. The fourth-order valence-corrected chi connectivity index (χ4v) is 2.84. The molecular weight excluding hydrogens is 256 g/mol. The molecule has 1 saturated heterocycles. The third-order valence-electron chi connectivity index (χ3n) is 3.91. The summed E-state index contributed by atoms with van der Waals surface area (Å²) in [7, 11) is 1.68. The van der Waals surface area contributed by atoms with E-state index in [1.807, 2.05) is 6.92 Å². The Morgan fingerprint density at radius 2 is 2.10 bits per heavy atom. The molecule has 0 spiro atoms. The molecule has 1 N–H and O–H groups in total. The van der Waals surface area contributed by atoms with Gasteiger partial charge in [-0.25, -0.2) is 0 Å². The Hall–Kier alpha value is -0.650. The Bertz CT molecular complexity index is 286. The zero-order valence-corrected chi connectivity index (χ0v) is 13.2. The summed E-state index contributed by atoms with van der Waals surface area (Å²) in [4.78, 5) is 14.8. The van der Waals surface area contributed by atoms with Crippen LogP contribution in [0.3, 0.4) is 0 Å². The van der Waals surface area contributed by atoms with Crippen LogP contribution in [-0.2, 0) is 14.3 Å². The molecular formula is C15H30N2O3. The highest BCUT2D eigenvalue weighted by molar-refractivity contribution is 5.81. The van der Waals surface area contributed by atoms with Crippen LogP contribution in [-0.4, -0.2) is 62.9 Å². The lowest BCUT2D eigenvalue weighted by atomic mass is 9.90. The lowest BCUT2D eigenvalue weighted by molar-refractivity contribution is -0.152. The summed E-state index contributed by atoms with van der Waals surface area (Å²) >= 11 is 0. The maximum Gasteiger partial charge on any atom is 0.326 e. The third-order valence-corrected chi connectivity index (χ3v) is 3.91. The molecule has 0 saturated carbocycles. The zero-order chi connectivity index (χ0) is 14.8. The number of carbonyl (C=O) groups is 1. The predicted molar refractivity (Wildman–Crippen MR) is 79.8 cm³/mol. The Kier molecular flexibility index (Phi) is 8.11. The lowest BCUT2D eigenvalue weighted by Crippen LogP contribution is -2.54. The average molecular weight is 286 g/mol. The number of nitrogens with one attached hydrogen (secondary N) is 1. The fourth-order valence-electron chi connectivity index (χ4n) is 2.84. The van der Waals surface area contributed by atoms with Crippen LogP contribution in [0, 0.1) is 0 Å². The van der Waals surface area contributed by atoms with Crippen LogP contribution < -0.4 is 5.32 Å². The van der Waals surface area contributed by atoms with Gasteiger partial charge in [-0.3, -0.25) is 10.1 Å². The molecule has 5 heteroatoms. The standard InChI is InChI=1S/C15H30N2O3/c1-4-10-17-11-6-7-15(8-12-17,14(18)20-5-2)16-9-13-19-3/h16H,4-13H2,1-3H3. The van der Waals surface area contributed by atoms with Crippen LogP contribution in [0.25, 0.3) is 0 Å². The fraction of sp³-hybridized carbons (Fsp3) is 0.933. The van der Waals surface area contributed by atoms with Crippen LogP contribution >= 0.6 is 0 Å². The van der Waals surface area contributed by atoms with E-state index >= 15 is 0 Å². The molecule has 20 heavy (non-hydrogen) atoms. The lowest BCUT2D eigenvalue weighted by Gasteiger charge is -2.31. The van der Waals surface area contributed by atoms with E-state index in [-0.39, 0.29) is 5.97 Å². The van der Waals surface area contributed by atoms with Gasteiger partial charge in [0.05, 0.1) is 13.2 Å². The van der Waals surface area contributed by atoms with E-state index in [1.165, 1.54) is 0 Å².